The fraction of sp³-hybridized carbons (Fsp3) is 0.415. The van der Waals surface area contributed by atoms with Gasteiger partial charge in [0.15, 0.2) is 0 Å². The largest absolute Gasteiger partial charge is 0.493 e. The molecule has 0 aliphatic carbocycles. The molecule has 0 amide bonds. The molecule has 0 radical (unpaired) electrons. The Balaban J connectivity index is 1.33. The SMILES string of the molecule is Cc1c(COc2cc(OCc3cncc(C#N)c3)c(CN3CCCC[C@H]3C)cc2Cl)cccc1-c1cccc(OCCCN(C)CCO)c1C. The van der Waals surface area contributed by atoms with Crippen LogP contribution in [-0.4, -0.2) is 65.8 Å². The van der Waals surface area contributed by atoms with Gasteiger partial charge in [-0.1, -0.05) is 48.4 Å². The number of ether oxygens (including phenoxy) is 3. The summed E-state index contributed by atoms with van der Waals surface area (Å²) in [7, 11) is 2.00. The Labute approximate surface area is 302 Å². The smallest absolute Gasteiger partial charge is 0.142 e. The maximum absolute atomic E-state index is 9.33. The number of likely N-dealkylation sites (tertiary alicyclic amines) is 1. The third-order valence-electron chi connectivity index (χ3n) is 9.57. The summed E-state index contributed by atoms with van der Waals surface area (Å²) >= 11 is 6.90. The number of nitrogens with zero attached hydrogens (tertiary/aromatic N) is 4. The molecule has 4 aromatic rings. The summed E-state index contributed by atoms with van der Waals surface area (Å²) in [6.07, 6.45) is 7.76. The Bertz CT molecular complexity index is 1770. The fourth-order valence-corrected chi connectivity index (χ4v) is 6.73. The topological polar surface area (TPSA) is 91.1 Å². The zero-order valence-electron chi connectivity index (χ0n) is 29.8. The van der Waals surface area contributed by atoms with Crippen LogP contribution in [0.2, 0.25) is 5.02 Å². The Kier molecular flexibility index (Phi) is 13.5. The lowest BCUT2D eigenvalue weighted by atomic mass is 9.93. The van der Waals surface area contributed by atoms with Crippen molar-refractivity contribution >= 4 is 11.6 Å². The van der Waals surface area contributed by atoms with Gasteiger partial charge in [0.1, 0.15) is 36.5 Å². The van der Waals surface area contributed by atoms with Crippen LogP contribution in [0, 0.1) is 25.2 Å². The molecule has 1 aliphatic heterocycles. The van der Waals surface area contributed by atoms with E-state index in [1.54, 1.807) is 18.5 Å². The van der Waals surface area contributed by atoms with Crippen molar-refractivity contribution in [2.24, 2.45) is 0 Å². The molecule has 1 N–H and O–H groups in total. The molecule has 0 unspecified atom stereocenters. The molecule has 3 aromatic carbocycles. The van der Waals surface area contributed by atoms with Gasteiger partial charge in [-0.25, -0.2) is 0 Å². The van der Waals surface area contributed by atoms with Gasteiger partial charge in [0.05, 0.1) is 23.8 Å². The summed E-state index contributed by atoms with van der Waals surface area (Å²) < 4.78 is 19.0. The molecule has 1 aromatic heterocycles. The molecule has 264 valence electrons. The second-order valence-electron chi connectivity index (χ2n) is 13.2. The van der Waals surface area contributed by atoms with Crippen LogP contribution < -0.4 is 14.2 Å². The highest BCUT2D eigenvalue weighted by molar-refractivity contribution is 6.32. The number of pyridine rings is 1. The third-order valence-corrected chi connectivity index (χ3v) is 9.87. The van der Waals surface area contributed by atoms with Crippen molar-refractivity contribution in [3.8, 4) is 34.4 Å². The van der Waals surface area contributed by atoms with Gasteiger partial charge in [-0.3, -0.25) is 9.88 Å². The summed E-state index contributed by atoms with van der Waals surface area (Å²) in [5, 5.41) is 19.0. The van der Waals surface area contributed by atoms with E-state index in [1.165, 1.54) is 19.3 Å². The van der Waals surface area contributed by atoms with Gasteiger partial charge in [-0.05, 0) is 99.6 Å². The second kappa shape index (κ2) is 18.2. The minimum Gasteiger partial charge on any atom is -0.493 e. The van der Waals surface area contributed by atoms with Gasteiger partial charge >= 0.3 is 0 Å². The van der Waals surface area contributed by atoms with Crippen molar-refractivity contribution < 1.29 is 19.3 Å². The molecule has 1 atom stereocenters. The first kappa shape index (κ1) is 37.1. The maximum atomic E-state index is 9.33. The predicted molar refractivity (Wildman–Crippen MR) is 199 cm³/mol. The highest BCUT2D eigenvalue weighted by Gasteiger charge is 2.22. The van der Waals surface area contributed by atoms with Crippen LogP contribution in [0.4, 0.5) is 0 Å². The molecular weight excluding hydrogens is 648 g/mol. The van der Waals surface area contributed by atoms with Crippen LogP contribution >= 0.6 is 11.6 Å². The lowest BCUT2D eigenvalue weighted by molar-refractivity contribution is 0.150. The predicted octanol–water partition coefficient (Wildman–Crippen LogP) is 8.12. The van der Waals surface area contributed by atoms with Crippen molar-refractivity contribution in [1.29, 1.82) is 5.26 Å². The molecule has 8 nitrogen and oxygen atoms in total. The number of nitriles is 1. The standard InChI is InChI=1S/C41H49ClN4O4/c1-29-10-5-6-16-46(29)26-35-21-38(42)41(22-40(35)49-27-33-20-32(23-43)24-44-25-33)50-28-34-11-7-12-36(30(34)2)37-13-8-14-39(31(37)3)48-19-9-15-45(4)17-18-47/h7-8,11-14,20-22,24-25,29,47H,5-6,9-10,15-19,26-28H2,1-4H3/t29-/m1/s1. The molecule has 0 bridgehead atoms. The van der Waals surface area contributed by atoms with Gasteiger partial charge in [0, 0.05) is 55.3 Å². The molecule has 5 rings (SSSR count). The molecular formula is C41H49ClN4O4. The van der Waals surface area contributed by atoms with E-state index >= 15 is 0 Å². The Morgan fingerprint density at radius 2 is 1.70 bits per heavy atom. The van der Waals surface area contributed by atoms with E-state index in [1.807, 2.05) is 31.3 Å². The van der Waals surface area contributed by atoms with Crippen LogP contribution in [0.25, 0.3) is 11.1 Å². The Morgan fingerprint density at radius 1 is 0.920 bits per heavy atom. The quantitative estimate of drug-likeness (QED) is 0.118. The number of likely N-dealkylation sites (N-methyl/N-ethyl adjacent to an activating group) is 1. The van der Waals surface area contributed by atoms with Crippen molar-refractivity contribution in [3.05, 3.63) is 105 Å². The summed E-state index contributed by atoms with van der Waals surface area (Å²) in [5.74, 6) is 2.14. The minimum atomic E-state index is 0.160. The van der Waals surface area contributed by atoms with E-state index in [-0.39, 0.29) is 13.2 Å². The second-order valence-corrected chi connectivity index (χ2v) is 13.6. The Hall–Kier alpha value is -4.13. The van der Waals surface area contributed by atoms with Crippen LogP contribution in [0.1, 0.15) is 66.0 Å². The van der Waals surface area contributed by atoms with Crippen LogP contribution in [-0.2, 0) is 19.8 Å². The zero-order chi connectivity index (χ0) is 35.5. The number of hydrogen-bond acceptors (Lipinski definition) is 8. The summed E-state index contributed by atoms with van der Waals surface area (Å²) in [6.45, 7) is 11.2. The van der Waals surface area contributed by atoms with E-state index in [9.17, 15) is 5.26 Å². The summed E-state index contributed by atoms with van der Waals surface area (Å²) in [5.41, 5.74) is 7.87. The van der Waals surface area contributed by atoms with Crippen LogP contribution in [0.5, 0.6) is 17.2 Å². The molecule has 1 aliphatic rings. The number of benzene rings is 3. The third kappa shape index (κ3) is 9.76. The number of aliphatic hydroxyl groups excluding tert-OH is 1. The number of halogens is 1. The number of piperidine rings is 1. The number of rotatable bonds is 16. The Morgan fingerprint density at radius 3 is 2.48 bits per heavy atom. The number of aromatic nitrogens is 1. The first-order valence-corrected chi connectivity index (χ1v) is 17.9. The van der Waals surface area contributed by atoms with Crippen molar-refractivity contribution in [2.75, 3.05) is 39.9 Å². The molecule has 2 heterocycles. The van der Waals surface area contributed by atoms with Gasteiger partial charge < -0.3 is 24.2 Å². The van der Waals surface area contributed by atoms with E-state index in [0.717, 1.165) is 70.7 Å². The van der Waals surface area contributed by atoms with E-state index in [4.69, 9.17) is 30.9 Å². The highest BCUT2D eigenvalue weighted by atomic mass is 35.5. The zero-order valence-corrected chi connectivity index (χ0v) is 30.5. The molecule has 0 spiro atoms. The molecule has 1 fully saturated rings. The first-order valence-electron chi connectivity index (χ1n) is 17.5. The minimum absolute atomic E-state index is 0.160. The van der Waals surface area contributed by atoms with Crippen LogP contribution in [0.3, 0.4) is 0 Å². The van der Waals surface area contributed by atoms with Crippen LogP contribution in [0.15, 0.2) is 67.0 Å². The lowest BCUT2D eigenvalue weighted by Gasteiger charge is -2.33. The van der Waals surface area contributed by atoms with Gasteiger partial charge in [0.2, 0.25) is 0 Å². The summed E-state index contributed by atoms with van der Waals surface area (Å²) in [6, 6.07) is 20.8. The maximum Gasteiger partial charge on any atom is 0.142 e. The van der Waals surface area contributed by atoms with E-state index in [2.05, 4.69) is 65.9 Å². The molecule has 9 heteroatoms. The van der Waals surface area contributed by atoms with Gasteiger partial charge in [-0.2, -0.15) is 5.26 Å². The average Bonchev–Trinajstić information content (AvgIpc) is 3.12. The normalized spacial score (nSPS) is 14.8. The average molecular weight is 697 g/mol. The van der Waals surface area contributed by atoms with Gasteiger partial charge in [0.25, 0.3) is 0 Å². The van der Waals surface area contributed by atoms with Crippen molar-refractivity contribution in [2.45, 2.75) is 72.3 Å². The first-order chi connectivity index (χ1) is 24.3. The van der Waals surface area contributed by atoms with Crippen molar-refractivity contribution in [3.63, 3.8) is 0 Å². The summed E-state index contributed by atoms with van der Waals surface area (Å²) in [4.78, 5) is 8.77. The molecule has 1 saturated heterocycles. The monoisotopic (exact) mass is 696 g/mol. The lowest BCUT2D eigenvalue weighted by Crippen LogP contribution is -2.36. The number of hydrogen-bond donors (Lipinski definition) is 1. The fourth-order valence-electron chi connectivity index (χ4n) is 6.49. The molecule has 50 heavy (non-hydrogen) atoms. The van der Waals surface area contributed by atoms with E-state index in [0.29, 0.717) is 47.9 Å². The highest BCUT2D eigenvalue weighted by Crippen LogP contribution is 2.37. The van der Waals surface area contributed by atoms with E-state index < -0.39 is 0 Å². The van der Waals surface area contributed by atoms with Crippen molar-refractivity contribution in [1.82, 2.24) is 14.8 Å². The molecule has 0 saturated carbocycles. The van der Waals surface area contributed by atoms with Gasteiger partial charge in [-0.15, -0.1) is 0 Å². The number of aliphatic hydroxyl groups is 1.